The van der Waals surface area contributed by atoms with Crippen molar-refractivity contribution in [3.05, 3.63) is 42.2 Å². The van der Waals surface area contributed by atoms with E-state index >= 15 is 0 Å². The van der Waals surface area contributed by atoms with Crippen molar-refractivity contribution in [3.8, 4) is 0 Å². The summed E-state index contributed by atoms with van der Waals surface area (Å²) in [5, 5.41) is 16.6. The molecule has 0 amide bonds. The van der Waals surface area contributed by atoms with Gasteiger partial charge in [0, 0.05) is 0 Å². The van der Waals surface area contributed by atoms with Crippen LogP contribution in [0.25, 0.3) is 0 Å². The van der Waals surface area contributed by atoms with E-state index in [1.807, 2.05) is 18.2 Å². The Kier molecular flexibility index (Phi) is 3.50. The summed E-state index contributed by atoms with van der Waals surface area (Å²) in [6.45, 7) is -0.0433. The second-order valence-corrected chi connectivity index (χ2v) is 5.13. The zero-order chi connectivity index (χ0) is 10.5. The van der Waals surface area contributed by atoms with Crippen LogP contribution in [0, 0.1) is 0 Å². The molecule has 0 atom stereocenters. The molecule has 0 radical (unpaired) electrons. The fraction of sp³-hybridized carbons (Fsp3) is 0.200. The number of hydrogen-bond acceptors (Lipinski definition) is 3. The molecule has 0 saturated heterocycles. The second kappa shape index (κ2) is 5.07. The van der Waals surface area contributed by atoms with Gasteiger partial charge in [-0.1, -0.05) is 0 Å². The molecular formula is C10H11N3OSe. The summed E-state index contributed by atoms with van der Waals surface area (Å²) >= 11 is 0.363. The summed E-state index contributed by atoms with van der Waals surface area (Å²) in [7, 11) is 0. The predicted octanol–water partition coefficient (Wildman–Crippen LogP) is -0.242. The molecule has 0 unspecified atom stereocenters. The van der Waals surface area contributed by atoms with Gasteiger partial charge in [-0.15, -0.1) is 0 Å². The summed E-state index contributed by atoms with van der Waals surface area (Å²) < 4.78 is 3.12. The molecule has 4 nitrogen and oxygen atoms in total. The van der Waals surface area contributed by atoms with Crippen molar-refractivity contribution in [1.82, 2.24) is 15.0 Å². The third-order valence-electron chi connectivity index (χ3n) is 1.85. The van der Waals surface area contributed by atoms with Crippen molar-refractivity contribution < 1.29 is 5.11 Å². The minimum atomic E-state index is -0.0433. The molecule has 2 aromatic rings. The van der Waals surface area contributed by atoms with Crippen molar-refractivity contribution in [2.75, 3.05) is 0 Å². The molecule has 1 heterocycles. The van der Waals surface area contributed by atoms with Crippen LogP contribution in [-0.4, -0.2) is 35.1 Å². The number of aliphatic hydroxyl groups is 1. The van der Waals surface area contributed by atoms with E-state index in [1.165, 1.54) is 4.46 Å². The Bertz CT molecular complexity index is 416. The normalized spacial score (nSPS) is 10.5. The van der Waals surface area contributed by atoms with Crippen LogP contribution in [0.5, 0.6) is 0 Å². The van der Waals surface area contributed by atoms with Crippen LogP contribution in [0.3, 0.4) is 0 Å². The van der Waals surface area contributed by atoms with Gasteiger partial charge in [0.1, 0.15) is 0 Å². The Morgan fingerprint density at radius 2 is 2.07 bits per heavy atom. The van der Waals surface area contributed by atoms with E-state index in [2.05, 4.69) is 22.4 Å². The number of hydrogen-bond donors (Lipinski definition) is 1. The molecule has 0 spiro atoms. The van der Waals surface area contributed by atoms with Gasteiger partial charge < -0.3 is 0 Å². The van der Waals surface area contributed by atoms with Crippen molar-refractivity contribution in [2.45, 2.75) is 12.1 Å². The van der Waals surface area contributed by atoms with E-state index < -0.39 is 0 Å². The standard InChI is InChI=1S/C10H11N3OSe/c14-7-9-6-13(12-11-9)8-15-10-4-2-1-3-5-10/h1-6,14H,7-8H2. The summed E-state index contributed by atoms with van der Waals surface area (Å²) in [6.07, 6.45) is 1.78. The first kappa shape index (κ1) is 10.4. The second-order valence-electron chi connectivity index (χ2n) is 2.99. The van der Waals surface area contributed by atoms with Gasteiger partial charge in [0.25, 0.3) is 0 Å². The first-order valence-corrected chi connectivity index (χ1v) is 6.63. The molecule has 0 aliphatic heterocycles. The van der Waals surface area contributed by atoms with E-state index in [0.717, 1.165) is 5.44 Å². The molecule has 0 saturated carbocycles. The molecule has 0 bridgehead atoms. The van der Waals surface area contributed by atoms with E-state index in [-0.39, 0.29) is 6.61 Å². The molecule has 0 aliphatic rings. The third-order valence-corrected chi connectivity index (χ3v) is 3.95. The molecule has 0 aliphatic carbocycles. The zero-order valence-electron chi connectivity index (χ0n) is 8.08. The van der Waals surface area contributed by atoms with Gasteiger partial charge in [-0.25, -0.2) is 0 Å². The molecule has 1 N–H and O–H groups in total. The van der Waals surface area contributed by atoms with Gasteiger partial charge >= 0.3 is 93.8 Å². The Balaban J connectivity index is 1.93. The van der Waals surface area contributed by atoms with E-state index in [9.17, 15) is 0 Å². The zero-order valence-corrected chi connectivity index (χ0v) is 9.79. The third kappa shape index (κ3) is 2.89. The minimum absolute atomic E-state index is 0.0433. The first-order chi connectivity index (χ1) is 7.38. The van der Waals surface area contributed by atoms with Crippen molar-refractivity contribution in [3.63, 3.8) is 0 Å². The van der Waals surface area contributed by atoms with Crippen LogP contribution in [0.2, 0.25) is 0 Å². The van der Waals surface area contributed by atoms with Crippen LogP contribution < -0.4 is 4.46 Å². The number of benzene rings is 1. The van der Waals surface area contributed by atoms with Crippen LogP contribution in [0.15, 0.2) is 36.5 Å². The quantitative estimate of drug-likeness (QED) is 0.778. The van der Waals surface area contributed by atoms with Crippen LogP contribution >= 0.6 is 0 Å². The molecule has 1 aromatic carbocycles. The molecule has 2 rings (SSSR count). The Morgan fingerprint density at radius 1 is 1.27 bits per heavy atom. The topological polar surface area (TPSA) is 50.9 Å². The van der Waals surface area contributed by atoms with E-state index in [0.29, 0.717) is 20.7 Å². The summed E-state index contributed by atoms with van der Waals surface area (Å²) in [6, 6.07) is 10.3. The van der Waals surface area contributed by atoms with Crippen molar-refractivity contribution in [2.24, 2.45) is 0 Å². The first-order valence-electron chi connectivity index (χ1n) is 4.56. The maximum absolute atomic E-state index is 8.83. The van der Waals surface area contributed by atoms with Crippen LogP contribution in [-0.2, 0) is 12.1 Å². The van der Waals surface area contributed by atoms with Crippen LogP contribution in [0.4, 0.5) is 0 Å². The SMILES string of the molecule is OCc1cn(C[Se]c2ccccc2)nn1. The van der Waals surface area contributed by atoms with Gasteiger partial charge in [0.05, 0.1) is 0 Å². The number of nitrogens with zero attached hydrogens (tertiary/aromatic N) is 3. The number of aliphatic hydroxyl groups excluding tert-OH is 1. The summed E-state index contributed by atoms with van der Waals surface area (Å²) in [5.74, 6) is 0. The average molecular weight is 268 g/mol. The summed E-state index contributed by atoms with van der Waals surface area (Å²) in [5.41, 5.74) is 1.48. The van der Waals surface area contributed by atoms with E-state index in [1.54, 1.807) is 10.9 Å². The molecular weight excluding hydrogens is 257 g/mol. The molecule has 0 fully saturated rings. The fourth-order valence-corrected chi connectivity index (χ4v) is 2.72. The van der Waals surface area contributed by atoms with Gasteiger partial charge in [-0.2, -0.15) is 0 Å². The Hall–Kier alpha value is -1.16. The van der Waals surface area contributed by atoms with Gasteiger partial charge in [0.15, 0.2) is 0 Å². The van der Waals surface area contributed by atoms with Gasteiger partial charge in [-0.3, -0.25) is 0 Å². The molecule has 1 aromatic heterocycles. The average Bonchev–Trinajstić information content (AvgIpc) is 2.76. The summed E-state index contributed by atoms with van der Waals surface area (Å²) in [4.78, 5) is 0. The van der Waals surface area contributed by atoms with Gasteiger partial charge in [0.2, 0.25) is 0 Å². The van der Waals surface area contributed by atoms with Gasteiger partial charge in [-0.05, 0) is 0 Å². The maximum atomic E-state index is 8.83. The fourth-order valence-electron chi connectivity index (χ4n) is 1.13. The predicted molar refractivity (Wildman–Crippen MR) is 57.8 cm³/mol. The van der Waals surface area contributed by atoms with Crippen LogP contribution in [0.1, 0.15) is 5.69 Å². The Labute approximate surface area is 94.1 Å². The monoisotopic (exact) mass is 269 g/mol. The number of rotatable bonds is 4. The Morgan fingerprint density at radius 3 is 2.73 bits per heavy atom. The molecule has 78 valence electrons. The number of aromatic nitrogens is 3. The van der Waals surface area contributed by atoms with E-state index in [4.69, 9.17) is 5.11 Å². The molecule has 5 heteroatoms. The molecule has 15 heavy (non-hydrogen) atoms. The van der Waals surface area contributed by atoms with Crippen molar-refractivity contribution >= 4 is 19.4 Å². The van der Waals surface area contributed by atoms with Crippen molar-refractivity contribution in [1.29, 1.82) is 0 Å².